The van der Waals surface area contributed by atoms with Crippen LogP contribution in [-0.4, -0.2) is 6.04 Å². The molecule has 2 heteroatoms. The smallest absolute Gasteiger partial charge is 0.123 e. The highest BCUT2D eigenvalue weighted by Crippen LogP contribution is 2.22. The summed E-state index contributed by atoms with van der Waals surface area (Å²) in [6, 6.07) is 6.90. The second kappa shape index (κ2) is 3.77. The fourth-order valence-corrected chi connectivity index (χ4v) is 1.77. The van der Waals surface area contributed by atoms with Crippen molar-refractivity contribution in [3.05, 3.63) is 30.1 Å². The van der Waals surface area contributed by atoms with Crippen molar-refractivity contribution < 1.29 is 4.39 Å². The molecule has 1 nitrogen and oxygen atoms in total. The molecule has 0 atom stereocenters. The number of benzene rings is 1. The lowest BCUT2D eigenvalue weighted by molar-refractivity contribution is 0.600. The van der Waals surface area contributed by atoms with Crippen molar-refractivity contribution in [2.24, 2.45) is 0 Å². The summed E-state index contributed by atoms with van der Waals surface area (Å²) in [7, 11) is 0. The van der Waals surface area contributed by atoms with Crippen LogP contribution in [0.2, 0.25) is 0 Å². The van der Waals surface area contributed by atoms with E-state index in [1.165, 1.54) is 37.8 Å². The van der Waals surface area contributed by atoms with E-state index < -0.39 is 0 Å². The first-order valence-electron chi connectivity index (χ1n) is 4.81. The first kappa shape index (κ1) is 8.54. The van der Waals surface area contributed by atoms with E-state index in [0.717, 1.165) is 5.69 Å². The zero-order chi connectivity index (χ0) is 9.10. The molecule has 1 radical (unpaired) electrons. The third-order valence-electron chi connectivity index (χ3n) is 2.48. The van der Waals surface area contributed by atoms with Gasteiger partial charge in [-0.2, -0.15) is 0 Å². The Morgan fingerprint density at radius 3 is 2.31 bits per heavy atom. The quantitative estimate of drug-likeness (QED) is 0.661. The minimum atomic E-state index is -0.189. The van der Waals surface area contributed by atoms with Crippen LogP contribution in [0.5, 0.6) is 0 Å². The summed E-state index contributed by atoms with van der Waals surface area (Å²) in [4.78, 5) is 0. The molecule has 0 spiro atoms. The molecule has 1 aliphatic rings. The minimum absolute atomic E-state index is 0.189. The zero-order valence-corrected chi connectivity index (χ0v) is 7.54. The van der Waals surface area contributed by atoms with Crippen LogP contribution < -0.4 is 5.32 Å². The van der Waals surface area contributed by atoms with Gasteiger partial charge in [-0.1, -0.05) is 12.8 Å². The van der Waals surface area contributed by atoms with Gasteiger partial charge in [-0.25, -0.2) is 4.39 Å². The van der Waals surface area contributed by atoms with Gasteiger partial charge in [0.1, 0.15) is 5.82 Å². The Morgan fingerprint density at radius 1 is 1.08 bits per heavy atom. The fraction of sp³-hybridized carbons (Fsp3) is 0.455. The molecule has 0 heterocycles. The van der Waals surface area contributed by atoms with Crippen LogP contribution in [0.25, 0.3) is 0 Å². The summed E-state index contributed by atoms with van der Waals surface area (Å²) in [5.41, 5.74) is 0.910. The van der Waals surface area contributed by atoms with E-state index in [-0.39, 0.29) is 5.82 Å². The van der Waals surface area contributed by atoms with Gasteiger partial charge in [0.25, 0.3) is 0 Å². The van der Waals surface area contributed by atoms with Gasteiger partial charge in [0, 0.05) is 0 Å². The Balaban J connectivity index is 1.97. The molecule has 1 aromatic rings. The first-order chi connectivity index (χ1) is 6.34. The highest BCUT2D eigenvalue weighted by molar-refractivity contribution is 5.35. The zero-order valence-electron chi connectivity index (χ0n) is 7.54. The molecule has 0 bridgehead atoms. The second-order valence-electron chi connectivity index (χ2n) is 3.54. The summed E-state index contributed by atoms with van der Waals surface area (Å²) >= 11 is 0. The molecule has 0 unspecified atom stereocenters. The molecular formula is C11H13FN. The highest BCUT2D eigenvalue weighted by Gasteiger charge is 2.15. The second-order valence-corrected chi connectivity index (χ2v) is 3.54. The van der Waals surface area contributed by atoms with Crippen LogP contribution in [0.15, 0.2) is 24.3 Å². The first-order valence-corrected chi connectivity index (χ1v) is 4.81. The minimum Gasteiger partial charge on any atom is -0.282 e. The lowest BCUT2D eigenvalue weighted by Gasteiger charge is -2.09. The van der Waals surface area contributed by atoms with Gasteiger partial charge >= 0.3 is 0 Å². The molecule has 0 aromatic heterocycles. The van der Waals surface area contributed by atoms with Gasteiger partial charge in [-0.3, -0.25) is 5.32 Å². The van der Waals surface area contributed by atoms with Gasteiger partial charge in [0.05, 0.1) is 11.7 Å². The van der Waals surface area contributed by atoms with Crippen LogP contribution in [0, 0.1) is 5.82 Å². The van der Waals surface area contributed by atoms with Gasteiger partial charge < -0.3 is 0 Å². The van der Waals surface area contributed by atoms with Crippen molar-refractivity contribution in [1.82, 2.24) is 5.32 Å². The lowest BCUT2D eigenvalue weighted by atomic mass is 10.2. The molecule has 0 N–H and O–H groups in total. The number of rotatable bonds is 2. The maximum Gasteiger partial charge on any atom is 0.123 e. The maximum atomic E-state index is 12.6. The molecule has 0 amide bonds. The molecule has 1 aromatic carbocycles. The van der Waals surface area contributed by atoms with Gasteiger partial charge in [0.15, 0.2) is 0 Å². The van der Waals surface area contributed by atoms with Crippen molar-refractivity contribution in [3.8, 4) is 0 Å². The van der Waals surface area contributed by atoms with Gasteiger partial charge in [-0.05, 0) is 37.1 Å². The molecular weight excluding hydrogens is 165 g/mol. The van der Waals surface area contributed by atoms with E-state index in [4.69, 9.17) is 0 Å². The molecule has 1 saturated carbocycles. The number of nitrogens with zero attached hydrogens (tertiary/aromatic N) is 1. The van der Waals surface area contributed by atoms with E-state index in [1.807, 2.05) is 0 Å². The molecule has 2 rings (SSSR count). The standard InChI is InChI=1S/C11H13FN/c12-9-5-7-11(8-6-9)13-10-3-1-2-4-10/h5-8,10H,1-4H2. The molecule has 1 fully saturated rings. The fourth-order valence-electron chi connectivity index (χ4n) is 1.77. The number of hydrogen-bond acceptors (Lipinski definition) is 0. The molecule has 0 saturated heterocycles. The summed E-state index contributed by atoms with van der Waals surface area (Å²) < 4.78 is 12.6. The number of halogens is 1. The van der Waals surface area contributed by atoms with Gasteiger partial charge in [0.2, 0.25) is 0 Å². The molecule has 13 heavy (non-hydrogen) atoms. The summed E-state index contributed by atoms with van der Waals surface area (Å²) in [6.07, 6.45) is 4.96. The third-order valence-corrected chi connectivity index (χ3v) is 2.48. The summed E-state index contributed by atoms with van der Waals surface area (Å²) in [5.74, 6) is -0.189. The van der Waals surface area contributed by atoms with E-state index >= 15 is 0 Å². The van der Waals surface area contributed by atoms with Crippen molar-refractivity contribution in [3.63, 3.8) is 0 Å². The Bertz CT molecular complexity index is 262. The topological polar surface area (TPSA) is 14.1 Å². The Hall–Kier alpha value is -1.05. The predicted octanol–water partition coefficient (Wildman–Crippen LogP) is 3.00. The third kappa shape index (κ3) is 2.20. The van der Waals surface area contributed by atoms with E-state index in [2.05, 4.69) is 5.32 Å². The Labute approximate surface area is 78.0 Å². The maximum absolute atomic E-state index is 12.6. The normalized spacial score (nSPS) is 17.6. The van der Waals surface area contributed by atoms with Crippen LogP contribution >= 0.6 is 0 Å². The van der Waals surface area contributed by atoms with Crippen LogP contribution in [0.4, 0.5) is 10.1 Å². The largest absolute Gasteiger partial charge is 0.282 e. The van der Waals surface area contributed by atoms with Crippen molar-refractivity contribution in [2.75, 3.05) is 0 Å². The highest BCUT2D eigenvalue weighted by atomic mass is 19.1. The molecule has 1 aliphatic carbocycles. The monoisotopic (exact) mass is 178 g/mol. The Morgan fingerprint density at radius 2 is 1.69 bits per heavy atom. The average Bonchev–Trinajstić information content (AvgIpc) is 2.62. The predicted molar refractivity (Wildman–Crippen MR) is 50.5 cm³/mol. The van der Waals surface area contributed by atoms with Crippen molar-refractivity contribution >= 4 is 5.69 Å². The van der Waals surface area contributed by atoms with E-state index in [1.54, 1.807) is 12.1 Å². The SMILES string of the molecule is Fc1ccc([N]C2CCCC2)cc1. The van der Waals surface area contributed by atoms with Gasteiger partial charge in [-0.15, -0.1) is 0 Å². The summed E-state index contributed by atoms with van der Waals surface area (Å²) in [6.45, 7) is 0. The summed E-state index contributed by atoms with van der Waals surface area (Å²) in [5, 5.41) is 4.53. The lowest BCUT2D eigenvalue weighted by Crippen LogP contribution is -2.12. The van der Waals surface area contributed by atoms with E-state index in [9.17, 15) is 4.39 Å². The van der Waals surface area contributed by atoms with Crippen molar-refractivity contribution in [1.29, 1.82) is 0 Å². The van der Waals surface area contributed by atoms with E-state index in [0.29, 0.717) is 6.04 Å². The van der Waals surface area contributed by atoms with Crippen molar-refractivity contribution in [2.45, 2.75) is 31.7 Å². The molecule has 69 valence electrons. The molecule has 0 aliphatic heterocycles. The average molecular weight is 178 g/mol. The van der Waals surface area contributed by atoms with Crippen LogP contribution in [0.1, 0.15) is 25.7 Å². The Kier molecular flexibility index (Phi) is 2.48. The van der Waals surface area contributed by atoms with Crippen LogP contribution in [0.3, 0.4) is 0 Å². The number of hydrogen-bond donors (Lipinski definition) is 0. The van der Waals surface area contributed by atoms with Crippen LogP contribution in [-0.2, 0) is 0 Å².